The summed E-state index contributed by atoms with van der Waals surface area (Å²) in [5.74, 6) is 0.962. The zero-order valence-corrected chi connectivity index (χ0v) is 23.3. The average molecular weight is 542 g/mol. The first-order valence-corrected chi connectivity index (χ1v) is 12.9. The molecule has 0 aromatic carbocycles. The van der Waals surface area contributed by atoms with E-state index in [1.165, 1.54) is 10.6 Å². The van der Waals surface area contributed by atoms with Crippen molar-refractivity contribution in [3.8, 4) is 0 Å². The summed E-state index contributed by atoms with van der Waals surface area (Å²) in [6, 6.07) is 5.02. The molecule has 0 saturated carbocycles. The molecule has 0 radical (unpaired) electrons. The van der Waals surface area contributed by atoms with Crippen LogP contribution in [0.25, 0.3) is 5.52 Å². The highest BCUT2D eigenvalue weighted by molar-refractivity contribution is 5.71. The molecule has 0 spiro atoms. The molecule has 3 atom stereocenters. The van der Waals surface area contributed by atoms with Gasteiger partial charge in [-0.25, -0.2) is 18.3 Å². The van der Waals surface area contributed by atoms with Gasteiger partial charge < -0.3 is 5.32 Å². The molecule has 0 amide bonds. The zero-order valence-electron chi connectivity index (χ0n) is 23.3. The van der Waals surface area contributed by atoms with Crippen LogP contribution < -0.4 is 5.32 Å². The Balaban J connectivity index is 0.000000224. The van der Waals surface area contributed by atoms with Crippen LogP contribution in [0.15, 0.2) is 53.5 Å². The predicted octanol–water partition coefficient (Wildman–Crippen LogP) is 4.70. The van der Waals surface area contributed by atoms with Crippen molar-refractivity contribution in [1.82, 2.24) is 40.0 Å². The third-order valence-electron chi connectivity index (χ3n) is 6.85. The predicted molar refractivity (Wildman–Crippen MR) is 148 cm³/mol. The first-order valence-electron chi connectivity index (χ1n) is 12.9. The number of alkyl halides is 2. The Morgan fingerprint density at radius 1 is 1.28 bits per heavy atom. The molecule has 12 heteroatoms. The second-order valence-corrected chi connectivity index (χ2v) is 9.11. The Hall–Kier alpha value is -3.93. The molecule has 0 fully saturated rings. The number of carbonyl (C=O) groups excluding carboxylic acids is 1. The number of halogens is 2. The maximum Gasteiger partial charge on any atom is 0.265 e. The zero-order chi connectivity index (χ0) is 28.7. The van der Waals surface area contributed by atoms with Gasteiger partial charge in [0, 0.05) is 43.7 Å². The van der Waals surface area contributed by atoms with Crippen molar-refractivity contribution >= 4 is 18.0 Å². The van der Waals surface area contributed by atoms with E-state index in [0.29, 0.717) is 17.6 Å². The summed E-state index contributed by atoms with van der Waals surface area (Å²) in [5, 5.41) is 20.2. The Morgan fingerprint density at radius 3 is 2.62 bits per heavy atom. The average Bonchev–Trinajstić information content (AvgIpc) is 3.66. The number of hydrogen-bond acceptors (Lipinski definition) is 8. The van der Waals surface area contributed by atoms with Crippen LogP contribution in [0, 0.1) is 0 Å². The fourth-order valence-electron chi connectivity index (χ4n) is 4.67. The van der Waals surface area contributed by atoms with Crippen LogP contribution in [0.5, 0.6) is 0 Å². The maximum absolute atomic E-state index is 13.2. The molecule has 5 rings (SSSR count). The number of nitrogens with one attached hydrogen (secondary N) is 2. The molecule has 2 aliphatic heterocycles. The molecule has 210 valence electrons. The number of aromatic nitrogens is 5. The van der Waals surface area contributed by atoms with Crippen LogP contribution in [-0.2, 0) is 0 Å². The lowest BCUT2D eigenvalue weighted by atomic mass is 9.96. The number of H-pyrrole nitrogens is 1. The lowest BCUT2D eigenvalue weighted by Gasteiger charge is -2.34. The summed E-state index contributed by atoms with van der Waals surface area (Å²) in [6.07, 6.45) is 4.19. The van der Waals surface area contributed by atoms with E-state index in [2.05, 4.69) is 42.2 Å². The molecule has 3 aromatic heterocycles. The van der Waals surface area contributed by atoms with Crippen molar-refractivity contribution in [2.24, 2.45) is 5.10 Å². The number of aromatic amines is 1. The molecule has 2 N–H and O–H groups in total. The lowest BCUT2D eigenvalue weighted by molar-refractivity contribution is 0.111. The van der Waals surface area contributed by atoms with Gasteiger partial charge in [0.2, 0.25) is 5.82 Å². The molecule has 2 aliphatic rings. The van der Waals surface area contributed by atoms with Crippen molar-refractivity contribution in [3.63, 3.8) is 0 Å². The highest BCUT2D eigenvalue weighted by Gasteiger charge is 2.29. The topological polar surface area (TPSA) is 107 Å². The van der Waals surface area contributed by atoms with E-state index >= 15 is 0 Å². The van der Waals surface area contributed by atoms with Crippen molar-refractivity contribution < 1.29 is 13.6 Å². The smallest absolute Gasteiger partial charge is 0.265 e. The number of likely N-dealkylation sites (N-methyl/N-ethyl adjacent to an activating group) is 2. The number of nitrogens with zero attached hydrogens (tertiary/aromatic N) is 7. The number of hydrazone groups is 1. The number of hydrogen-bond donors (Lipinski definition) is 2. The lowest BCUT2D eigenvalue weighted by Crippen LogP contribution is -2.34. The molecule has 3 aromatic rings. The van der Waals surface area contributed by atoms with Crippen molar-refractivity contribution in [1.29, 1.82) is 0 Å². The van der Waals surface area contributed by atoms with Gasteiger partial charge in [-0.2, -0.15) is 15.3 Å². The number of fused-ring (bicyclic) bond motifs is 1. The SMILES string of the molecule is C=CNC1=C(C)C(c2cc3c(C(F)F)cccn3n2)N(C)CC1.CC.CC1C(c2nc(C=O)n[nH]2)C=NN1C. The normalized spacial score (nSPS) is 20.9. The van der Waals surface area contributed by atoms with Gasteiger partial charge in [0.15, 0.2) is 6.29 Å². The van der Waals surface area contributed by atoms with E-state index in [9.17, 15) is 13.6 Å². The molecule has 0 aliphatic carbocycles. The van der Waals surface area contributed by atoms with Crippen LogP contribution in [-0.4, -0.2) is 73.9 Å². The molecular formula is C27H37F2N9O. The molecule has 5 heterocycles. The second kappa shape index (κ2) is 13.2. The van der Waals surface area contributed by atoms with Gasteiger partial charge in [-0.1, -0.05) is 20.4 Å². The number of carbonyl (C=O) groups is 1. The van der Waals surface area contributed by atoms with Gasteiger partial charge in [-0.3, -0.25) is 19.8 Å². The maximum atomic E-state index is 13.2. The van der Waals surface area contributed by atoms with Gasteiger partial charge in [0.05, 0.1) is 29.2 Å². The molecule has 10 nitrogen and oxygen atoms in total. The third-order valence-corrected chi connectivity index (χ3v) is 6.85. The number of aldehydes is 1. The molecular weight excluding hydrogens is 504 g/mol. The van der Waals surface area contributed by atoms with Crippen molar-refractivity contribution in [2.45, 2.75) is 58.5 Å². The van der Waals surface area contributed by atoms with E-state index in [1.807, 2.05) is 46.8 Å². The van der Waals surface area contributed by atoms with Crippen molar-refractivity contribution in [2.75, 3.05) is 20.6 Å². The quantitative estimate of drug-likeness (QED) is 0.436. The van der Waals surface area contributed by atoms with E-state index in [1.54, 1.807) is 30.7 Å². The highest BCUT2D eigenvalue weighted by atomic mass is 19.3. The van der Waals surface area contributed by atoms with Crippen LogP contribution in [0.4, 0.5) is 8.78 Å². The van der Waals surface area contributed by atoms with Crippen LogP contribution in [0.2, 0.25) is 0 Å². The van der Waals surface area contributed by atoms with Gasteiger partial charge in [-0.05, 0) is 50.9 Å². The Kier molecular flexibility index (Phi) is 10.0. The van der Waals surface area contributed by atoms with E-state index < -0.39 is 6.43 Å². The third kappa shape index (κ3) is 6.39. The summed E-state index contributed by atoms with van der Waals surface area (Å²) in [7, 11) is 3.93. The first kappa shape index (κ1) is 29.6. The van der Waals surface area contributed by atoms with E-state index in [-0.39, 0.29) is 29.4 Å². The number of pyridine rings is 1. The van der Waals surface area contributed by atoms with Crippen LogP contribution in [0.3, 0.4) is 0 Å². The van der Waals surface area contributed by atoms with Crippen LogP contribution >= 0.6 is 0 Å². The highest BCUT2D eigenvalue weighted by Crippen LogP contribution is 2.34. The second-order valence-electron chi connectivity index (χ2n) is 9.11. The standard InChI is InChI=1S/C17H20F2N4.C8H11N5O.C2H6/c1-4-20-13-7-9-22(3)16(11(13)2)14-10-15-12(17(18)19)6-5-8-23(15)21-14;1-5-6(3-9-13(5)2)8-10-7(4-14)11-12-8;1-2/h4-6,8,10,16-17,20H,1,7,9H2,2-3H3;3-6H,1-2H3,(H,10,11,12);1-2H3. The largest absolute Gasteiger partial charge is 0.366 e. The molecule has 0 saturated heterocycles. The molecule has 3 unspecified atom stereocenters. The van der Waals surface area contributed by atoms with E-state index in [4.69, 9.17) is 0 Å². The Labute approximate surface area is 227 Å². The van der Waals surface area contributed by atoms with Gasteiger partial charge in [0.25, 0.3) is 6.43 Å². The minimum atomic E-state index is -2.51. The molecule has 0 bridgehead atoms. The fraction of sp³-hybridized carbons (Fsp3) is 0.444. The summed E-state index contributed by atoms with van der Waals surface area (Å²) >= 11 is 0. The van der Waals surface area contributed by atoms with Gasteiger partial charge >= 0.3 is 0 Å². The minimum Gasteiger partial charge on any atom is -0.366 e. The van der Waals surface area contributed by atoms with Crippen LogP contribution in [0.1, 0.15) is 80.2 Å². The monoisotopic (exact) mass is 541 g/mol. The summed E-state index contributed by atoms with van der Waals surface area (Å²) < 4.78 is 27.9. The van der Waals surface area contributed by atoms with Gasteiger partial charge in [-0.15, -0.1) is 0 Å². The van der Waals surface area contributed by atoms with Gasteiger partial charge in [0.1, 0.15) is 5.82 Å². The summed E-state index contributed by atoms with van der Waals surface area (Å²) in [4.78, 5) is 16.6. The van der Waals surface area contributed by atoms with Crippen molar-refractivity contribution in [3.05, 3.63) is 71.4 Å². The minimum absolute atomic E-state index is 0.00999. The fourth-order valence-corrected chi connectivity index (χ4v) is 4.67. The number of rotatable bonds is 6. The first-order chi connectivity index (χ1) is 18.7. The Morgan fingerprint density at radius 2 is 2.03 bits per heavy atom. The van der Waals surface area contributed by atoms with E-state index in [0.717, 1.165) is 29.9 Å². The Bertz CT molecular complexity index is 1330. The summed E-state index contributed by atoms with van der Waals surface area (Å²) in [6.45, 7) is 12.7. The summed E-state index contributed by atoms with van der Waals surface area (Å²) in [5.41, 5.74) is 3.51. The molecule has 39 heavy (non-hydrogen) atoms.